The van der Waals surface area contributed by atoms with Gasteiger partial charge in [0.2, 0.25) is 10.0 Å². The fourth-order valence-corrected chi connectivity index (χ4v) is 4.47. The Bertz CT molecular complexity index is 1040. The number of hydrogen-bond acceptors (Lipinski definition) is 4. The van der Waals surface area contributed by atoms with Crippen molar-refractivity contribution in [3.05, 3.63) is 76.0 Å². The molecule has 136 valence electrons. The Hall–Kier alpha value is -2.71. The van der Waals surface area contributed by atoms with E-state index in [1.54, 1.807) is 13.0 Å². The quantitative estimate of drug-likeness (QED) is 0.490. The van der Waals surface area contributed by atoms with E-state index in [-0.39, 0.29) is 17.3 Å². The first kappa shape index (κ1) is 18.1. The van der Waals surface area contributed by atoms with Gasteiger partial charge in [-0.05, 0) is 25.0 Å². The number of H-pyrrole nitrogens is 1. The first-order valence-electron chi connectivity index (χ1n) is 8.13. The summed E-state index contributed by atoms with van der Waals surface area (Å²) in [5.74, 6) is -0.428. The lowest BCUT2D eigenvalue weighted by Crippen LogP contribution is -2.35. The van der Waals surface area contributed by atoms with Gasteiger partial charge in [0.25, 0.3) is 5.69 Å². The van der Waals surface area contributed by atoms with Gasteiger partial charge in [0.15, 0.2) is 0 Å². The van der Waals surface area contributed by atoms with Gasteiger partial charge in [-0.3, -0.25) is 10.1 Å². The van der Waals surface area contributed by atoms with Crippen molar-refractivity contribution in [2.45, 2.75) is 25.1 Å². The van der Waals surface area contributed by atoms with Crippen molar-refractivity contribution in [3.63, 3.8) is 0 Å². The molecule has 8 heteroatoms. The molecule has 2 N–H and O–H groups in total. The second kappa shape index (κ2) is 7.27. The second-order valence-electron chi connectivity index (χ2n) is 6.23. The van der Waals surface area contributed by atoms with Crippen molar-refractivity contribution >= 4 is 26.6 Å². The predicted molar refractivity (Wildman–Crippen MR) is 100 cm³/mol. The number of aromatic amines is 1. The van der Waals surface area contributed by atoms with E-state index >= 15 is 0 Å². The number of nitro groups is 1. The largest absolute Gasteiger partial charge is 0.361 e. The van der Waals surface area contributed by atoms with Crippen LogP contribution in [-0.4, -0.2) is 24.4 Å². The molecule has 3 rings (SSSR count). The van der Waals surface area contributed by atoms with Crippen LogP contribution in [0.5, 0.6) is 0 Å². The zero-order chi connectivity index (χ0) is 18.7. The SMILES string of the molecule is CC(Cc1c[nH]c2ccccc12)NS(=O)(=O)Cc1ccccc1[N+](=O)[O-]. The molecule has 0 aliphatic rings. The summed E-state index contributed by atoms with van der Waals surface area (Å²) in [5.41, 5.74) is 1.99. The minimum Gasteiger partial charge on any atom is -0.361 e. The average molecular weight is 373 g/mol. The van der Waals surface area contributed by atoms with Gasteiger partial charge in [-0.2, -0.15) is 0 Å². The Morgan fingerprint density at radius 2 is 1.81 bits per heavy atom. The van der Waals surface area contributed by atoms with Crippen molar-refractivity contribution in [3.8, 4) is 0 Å². The smallest absolute Gasteiger partial charge is 0.273 e. The summed E-state index contributed by atoms with van der Waals surface area (Å²) >= 11 is 0. The van der Waals surface area contributed by atoms with Crippen LogP contribution in [0, 0.1) is 10.1 Å². The number of hydrogen-bond donors (Lipinski definition) is 2. The molecule has 0 spiro atoms. The number of nitrogens with zero attached hydrogens (tertiary/aromatic N) is 1. The average Bonchev–Trinajstić information content (AvgIpc) is 2.97. The number of para-hydroxylation sites is 2. The molecule has 26 heavy (non-hydrogen) atoms. The van der Waals surface area contributed by atoms with Crippen LogP contribution in [0.15, 0.2) is 54.7 Å². The van der Waals surface area contributed by atoms with E-state index in [0.29, 0.717) is 6.42 Å². The van der Waals surface area contributed by atoms with Crippen molar-refractivity contribution in [1.82, 2.24) is 9.71 Å². The molecule has 1 unspecified atom stereocenters. The lowest BCUT2D eigenvalue weighted by molar-refractivity contribution is -0.385. The third kappa shape index (κ3) is 4.09. The minimum atomic E-state index is -3.71. The molecule has 0 aliphatic heterocycles. The van der Waals surface area contributed by atoms with Crippen molar-refractivity contribution < 1.29 is 13.3 Å². The van der Waals surface area contributed by atoms with Gasteiger partial charge in [0, 0.05) is 34.8 Å². The summed E-state index contributed by atoms with van der Waals surface area (Å²) < 4.78 is 27.5. The van der Waals surface area contributed by atoms with Crippen LogP contribution in [0.4, 0.5) is 5.69 Å². The maximum absolute atomic E-state index is 12.4. The molecule has 7 nitrogen and oxygen atoms in total. The number of benzene rings is 2. The first-order valence-corrected chi connectivity index (χ1v) is 9.78. The van der Waals surface area contributed by atoms with Gasteiger partial charge in [0.05, 0.1) is 10.7 Å². The summed E-state index contributed by atoms with van der Waals surface area (Å²) in [6, 6.07) is 13.3. The van der Waals surface area contributed by atoms with Gasteiger partial charge < -0.3 is 4.98 Å². The Labute approximate surface area is 151 Å². The van der Waals surface area contributed by atoms with E-state index in [9.17, 15) is 18.5 Å². The van der Waals surface area contributed by atoms with Crippen LogP contribution in [-0.2, 0) is 22.2 Å². The van der Waals surface area contributed by atoms with E-state index in [4.69, 9.17) is 0 Å². The maximum atomic E-state index is 12.4. The maximum Gasteiger partial charge on any atom is 0.273 e. The highest BCUT2D eigenvalue weighted by Gasteiger charge is 2.21. The molecule has 0 radical (unpaired) electrons. The third-order valence-electron chi connectivity index (χ3n) is 4.12. The predicted octanol–water partition coefficient (Wildman–Crippen LogP) is 3.13. The second-order valence-corrected chi connectivity index (χ2v) is 7.98. The summed E-state index contributed by atoms with van der Waals surface area (Å²) in [5, 5.41) is 12.1. The molecule has 0 aliphatic carbocycles. The fourth-order valence-electron chi connectivity index (χ4n) is 3.04. The minimum absolute atomic E-state index is 0.171. The number of rotatable bonds is 7. The Kier molecular flexibility index (Phi) is 5.06. The molecule has 0 bridgehead atoms. The number of aromatic nitrogens is 1. The van der Waals surface area contributed by atoms with E-state index in [1.807, 2.05) is 30.5 Å². The van der Waals surface area contributed by atoms with Gasteiger partial charge in [-0.25, -0.2) is 13.1 Å². The number of nitro benzene ring substituents is 1. The topological polar surface area (TPSA) is 105 Å². The van der Waals surface area contributed by atoms with Gasteiger partial charge in [0.1, 0.15) is 0 Å². The van der Waals surface area contributed by atoms with E-state index < -0.39 is 20.7 Å². The van der Waals surface area contributed by atoms with Crippen molar-refractivity contribution in [2.75, 3.05) is 0 Å². The molecule has 0 saturated heterocycles. The van der Waals surface area contributed by atoms with E-state index in [1.165, 1.54) is 18.2 Å². The van der Waals surface area contributed by atoms with Crippen LogP contribution in [0.3, 0.4) is 0 Å². The van der Waals surface area contributed by atoms with Crippen LogP contribution < -0.4 is 4.72 Å². The summed E-state index contributed by atoms with van der Waals surface area (Å²) in [6.45, 7) is 1.78. The molecule has 2 aromatic carbocycles. The number of nitrogens with one attached hydrogen (secondary N) is 2. The Morgan fingerprint density at radius 3 is 2.58 bits per heavy atom. The molecular formula is C18H19N3O4S. The van der Waals surface area contributed by atoms with Crippen LogP contribution >= 0.6 is 0 Å². The fraction of sp³-hybridized carbons (Fsp3) is 0.222. The lowest BCUT2D eigenvalue weighted by Gasteiger charge is -2.14. The number of fused-ring (bicyclic) bond motifs is 1. The standard InChI is InChI=1S/C18H19N3O4S/c1-13(10-15-11-19-17-8-4-3-7-16(15)17)20-26(24,25)12-14-6-2-5-9-18(14)21(22)23/h2-9,11,13,19-20H,10,12H2,1H3. The molecule has 3 aromatic rings. The van der Waals surface area contributed by atoms with E-state index in [2.05, 4.69) is 9.71 Å². The highest BCUT2D eigenvalue weighted by molar-refractivity contribution is 7.88. The lowest BCUT2D eigenvalue weighted by atomic mass is 10.1. The highest BCUT2D eigenvalue weighted by atomic mass is 32.2. The zero-order valence-corrected chi connectivity index (χ0v) is 15.0. The highest BCUT2D eigenvalue weighted by Crippen LogP contribution is 2.21. The van der Waals surface area contributed by atoms with Crippen molar-refractivity contribution in [2.24, 2.45) is 0 Å². The Morgan fingerprint density at radius 1 is 1.12 bits per heavy atom. The van der Waals surface area contributed by atoms with Gasteiger partial charge in [-0.1, -0.05) is 36.4 Å². The monoisotopic (exact) mass is 373 g/mol. The van der Waals surface area contributed by atoms with Crippen LogP contribution in [0.2, 0.25) is 0 Å². The molecular weight excluding hydrogens is 354 g/mol. The summed E-state index contributed by atoms with van der Waals surface area (Å²) in [7, 11) is -3.71. The van der Waals surface area contributed by atoms with Crippen LogP contribution in [0.1, 0.15) is 18.1 Å². The molecule has 1 atom stereocenters. The van der Waals surface area contributed by atoms with Crippen LogP contribution in [0.25, 0.3) is 10.9 Å². The molecule has 0 fully saturated rings. The summed E-state index contributed by atoms with van der Waals surface area (Å²) in [6.07, 6.45) is 2.39. The first-order chi connectivity index (χ1) is 12.4. The van der Waals surface area contributed by atoms with Gasteiger partial charge in [-0.15, -0.1) is 0 Å². The van der Waals surface area contributed by atoms with E-state index in [0.717, 1.165) is 16.5 Å². The third-order valence-corrected chi connectivity index (χ3v) is 5.57. The molecule has 0 amide bonds. The molecule has 1 heterocycles. The van der Waals surface area contributed by atoms with Gasteiger partial charge >= 0.3 is 0 Å². The molecule has 0 saturated carbocycles. The molecule has 1 aromatic heterocycles. The number of sulfonamides is 1. The van der Waals surface area contributed by atoms with Crippen molar-refractivity contribution in [1.29, 1.82) is 0 Å². The zero-order valence-electron chi connectivity index (χ0n) is 14.2. The Balaban J connectivity index is 1.72. The summed E-state index contributed by atoms with van der Waals surface area (Å²) in [4.78, 5) is 13.6. The normalized spacial score (nSPS) is 13.0.